The fraction of sp³-hybridized carbons (Fsp3) is 0.409. The molecule has 29 heavy (non-hydrogen) atoms. The first-order valence-electron chi connectivity index (χ1n) is 9.98. The molecule has 1 fully saturated rings. The third-order valence-electron chi connectivity index (χ3n) is 5.28. The molecule has 3 rings (SSSR count). The van der Waals surface area contributed by atoms with E-state index >= 15 is 0 Å². The van der Waals surface area contributed by atoms with E-state index in [0.717, 1.165) is 24.1 Å². The summed E-state index contributed by atoms with van der Waals surface area (Å²) in [7, 11) is 0.431. The van der Waals surface area contributed by atoms with Crippen molar-refractivity contribution in [1.29, 1.82) is 0 Å². The predicted octanol–water partition coefficient (Wildman–Crippen LogP) is 3.20. The van der Waals surface area contributed by atoms with Crippen molar-refractivity contribution in [2.45, 2.75) is 31.2 Å². The molecule has 6 nitrogen and oxygen atoms in total. The van der Waals surface area contributed by atoms with Crippen molar-refractivity contribution in [1.82, 2.24) is 9.21 Å². The van der Waals surface area contributed by atoms with Crippen molar-refractivity contribution in [2.24, 2.45) is 0 Å². The van der Waals surface area contributed by atoms with Gasteiger partial charge in [-0.1, -0.05) is 18.2 Å². The number of sulfonamides is 1. The van der Waals surface area contributed by atoms with Crippen LogP contribution in [0, 0.1) is 0 Å². The van der Waals surface area contributed by atoms with Gasteiger partial charge in [-0.2, -0.15) is 4.31 Å². The summed E-state index contributed by atoms with van der Waals surface area (Å²) in [4.78, 5) is 17.0. The highest BCUT2D eigenvalue weighted by Crippen LogP contribution is 2.22. The Morgan fingerprint density at radius 3 is 2.28 bits per heavy atom. The second-order valence-electron chi connectivity index (χ2n) is 7.52. The summed E-state index contributed by atoms with van der Waals surface area (Å²) < 4.78 is 27.1. The monoisotopic (exact) mass is 415 g/mol. The zero-order chi connectivity index (χ0) is 21.0. The van der Waals surface area contributed by atoms with E-state index in [9.17, 15) is 13.2 Å². The molecule has 1 aliphatic rings. The molecule has 0 aliphatic carbocycles. The molecular formula is C22H29N3O3S. The molecule has 2 aromatic carbocycles. The number of hydrogen-bond acceptors (Lipinski definition) is 4. The van der Waals surface area contributed by atoms with Crippen molar-refractivity contribution in [3.63, 3.8) is 0 Å². The molecule has 156 valence electrons. The highest BCUT2D eigenvalue weighted by Gasteiger charge is 2.28. The number of benzene rings is 2. The predicted molar refractivity (Wildman–Crippen MR) is 116 cm³/mol. The lowest BCUT2D eigenvalue weighted by atomic mass is 10.1. The van der Waals surface area contributed by atoms with Gasteiger partial charge in [0.05, 0.1) is 4.90 Å². The second-order valence-corrected chi connectivity index (χ2v) is 9.46. The fourth-order valence-electron chi connectivity index (χ4n) is 3.50. The van der Waals surface area contributed by atoms with Crippen molar-refractivity contribution in [3.05, 3.63) is 59.7 Å². The van der Waals surface area contributed by atoms with Crippen LogP contribution < -0.4 is 4.90 Å². The standard InChI is InChI=1S/C22H29N3O3S/c1-4-24(17-18-10-12-20(13-11-18)23(2)3)22(26)19-8-7-9-21(16-19)29(27,28)25-14-5-6-15-25/h7-13,16H,4-6,14-15,17H2,1-3H3. The maximum atomic E-state index is 13.1. The molecule has 0 bridgehead atoms. The van der Waals surface area contributed by atoms with E-state index in [4.69, 9.17) is 0 Å². The summed E-state index contributed by atoms with van der Waals surface area (Å²) >= 11 is 0. The van der Waals surface area contributed by atoms with Crippen LogP contribution in [-0.2, 0) is 16.6 Å². The topological polar surface area (TPSA) is 60.9 Å². The number of anilines is 1. The van der Waals surface area contributed by atoms with Gasteiger partial charge < -0.3 is 9.80 Å². The number of carbonyl (C=O) groups is 1. The molecule has 1 amide bonds. The quantitative estimate of drug-likeness (QED) is 0.697. The molecule has 1 saturated heterocycles. The molecule has 0 unspecified atom stereocenters. The van der Waals surface area contributed by atoms with Crippen LogP contribution in [0.25, 0.3) is 0 Å². The Hall–Kier alpha value is -2.38. The molecule has 0 radical (unpaired) electrons. The van der Waals surface area contributed by atoms with E-state index < -0.39 is 10.0 Å². The number of nitrogens with zero attached hydrogens (tertiary/aromatic N) is 3. The summed E-state index contributed by atoms with van der Waals surface area (Å²) in [5, 5.41) is 0. The van der Waals surface area contributed by atoms with Crippen LogP contribution in [-0.4, -0.2) is 57.3 Å². The molecule has 0 spiro atoms. The first kappa shape index (κ1) is 21.3. The van der Waals surface area contributed by atoms with Gasteiger partial charge in [-0.05, 0) is 55.7 Å². The van der Waals surface area contributed by atoms with E-state index in [0.29, 0.717) is 31.7 Å². The Morgan fingerprint density at radius 1 is 1.03 bits per heavy atom. The van der Waals surface area contributed by atoms with Gasteiger partial charge in [0.15, 0.2) is 0 Å². The first-order chi connectivity index (χ1) is 13.8. The normalized spacial score (nSPS) is 14.7. The maximum absolute atomic E-state index is 13.1. The number of hydrogen-bond donors (Lipinski definition) is 0. The zero-order valence-electron chi connectivity index (χ0n) is 17.3. The molecule has 1 aliphatic heterocycles. The van der Waals surface area contributed by atoms with Crippen LogP contribution in [0.5, 0.6) is 0 Å². The summed E-state index contributed by atoms with van der Waals surface area (Å²) in [6, 6.07) is 14.5. The fourth-order valence-corrected chi connectivity index (χ4v) is 5.06. The van der Waals surface area contributed by atoms with Gasteiger partial charge in [-0.25, -0.2) is 8.42 Å². The Balaban J connectivity index is 1.79. The lowest BCUT2D eigenvalue weighted by Crippen LogP contribution is -2.31. The lowest BCUT2D eigenvalue weighted by molar-refractivity contribution is 0.0752. The van der Waals surface area contributed by atoms with Gasteiger partial charge in [-0.15, -0.1) is 0 Å². The van der Waals surface area contributed by atoms with E-state index in [1.165, 1.54) is 10.4 Å². The van der Waals surface area contributed by atoms with Crippen molar-refractivity contribution in [3.8, 4) is 0 Å². The minimum atomic E-state index is -3.54. The summed E-state index contributed by atoms with van der Waals surface area (Å²) in [6.07, 6.45) is 1.77. The Kier molecular flexibility index (Phi) is 6.59. The molecule has 0 N–H and O–H groups in total. The van der Waals surface area contributed by atoms with Crippen molar-refractivity contribution in [2.75, 3.05) is 38.6 Å². The Bertz CT molecular complexity index is 950. The zero-order valence-corrected chi connectivity index (χ0v) is 18.2. The highest BCUT2D eigenvalue weighted by molar-refractivity contribution is 7.89. The van der Waals surface area contributed by atoms with E-state index in [2.05, 4.69) is 0 Å². The minimum absolute atomic E-state index is 0.164. The van der Waals surface area contributed by atoms with Crippen LogP contribution in [0.2, 0.25) is 0 Å². The minimum Gasteiger partial charge on any atom is -0.378 e. The van der Waals surface area contributed by atoms with Gasteiger partial charge >= 0.3 is 0 Å². The molecule has 1 heterocycles. The molecular weight excluding hydrogens is 386 g/mol. The molecule has 0 saturated carbocycles. The van der Waals surface area contributed by atoms with Gasteiger partial charge in [0.2, 0.25) is 10.0 Å². The smallest absolute Gasteiger partial charge is 0.254 e. The van der Waals surface area contributed by atoms with Gasteiger partial charge in [0, 0.05) is 51.5 Å². The van der Waals surface area contributed by atoms with E-state index in [1.807, 2.05) is 50.2 Å². The number of rotatable bonds is 7. The largest absolute Gasteiger partial charge is 0.378 e. The molecule has 0 atom stereocenters. The number of carbonyl (C=O) groups excluding carboxylic acids is 1. The number of amides is 1. The molecule has 7 heteroatoms. The maximum Gasteiger partial charge on any atom is 0.254 e. The van der Waals surface area contributed by atoms with Crippen LogP contribution in [0.1, 0.15) is 35.7 Å². The first-order valence-corrected chi connectivity index (χ1v) is 11.4. The van der Waals surface area contributed by atoms with Gasteiger partial charge in [0.25, 0.3) is 5.91 Å². The Labute approximate surface area is 173 Å². The molecule has 2 aromatic rings. The Morgan fingerprint density at radius 2 is 1.69 bits per heavy atom. The third kappa shape index (κ3) is 4.79. The summed E-state index contributed by atoms with van der Waals surface area (Å²) in [6.45, 7) is 4.04. The lowest BCUT2D eigenvalue weighted by Gasteiger charge is -2.22. The summed E-state index contributed by atoms with van der Waals surface area (Å²) in [5.41, 5.74) is 2.53. The molecule has 0 aromatic heterocycles. The average molecular weight is 416 g/mol. The highest BCUT2D eigenvalue weighted by atomic mass is 32.2. The van der Waals surface area contributed by atoms with Crippen LogP contribution >= 0.6 is 0 Å². The van der Waals surface area contributed by atoms with E-state index in [1.54, 1.807) is 23.1 Å². The van der Waals surface area contributed by atoms with Crippen LogP contribution in [0.4, 0.5) is 5.69 Å². The van der Waals surface area contributed by atoms with Crippen LogP contribution in [0.15, 0.2) is 53.4 Å². The van der Waals surface area contributed by atoms with Gasteiger partial charge in [-0.3, -0.25) is 4.79 Å². The van der Waals surface area contributed by atoms with Crippen molar-refractivity contribution < 1.29 is 13.2 Å². The van der Waals surface area contributed by atoms with Crippen molar-refractivity contribution >= 4 is 21.6 Å². The second kappa shape index (κ2) is 8.97. The van der Waals surface area contributed by atoms with Crippen LogP contribution in [0.3, 0.4) is 0 Å². The SMILES string of the molecule is CCN(Cc1ccc(N(C)C)cc1)C(=O)c1cccc(S(=O)(=O)N2CCCC2)c1. The summed E-state index contributed by atoms with van der Waals surface area (Å²) in [5.74, 6) is -0.164. The van der Waals surface area contributed by atoms with E-state index in [-0.39, 0.29) is 10.8 Å². The third-order valence-corrected chi connectivity index (χ3v) is 7.17. The average Bonchev–Trinajstić information content (AvgIpc) is 3.28. The van der Waals surface area contributed by atoms with Gasteiger partial charge in [0.1, 0.15) is 0 Å².